The van der Waals surface area contributed by atoms with Gasteiger partial charge in [0.05, 0.1) is 12.7 Å². The molecule has 0 N–H and O–H groups in total. The van der Waals surface area contributed by atoms with Crippen LogP contribution in [0, 0.1) is 0 Å². The third-order valence-electron chi connectivity index (χ3n) is 2.14. The number of allylic oxidation sites excluding steroid dienone is 1. The van der Waals surface area contributed by atoms with E-state index in [1.807, 2.05) is 0 Å². The average Bonchev–Trinajstić information content (AvgIpc) is 2.16. The Morgan fingerprint density at radius 2 is 2.07 bits per heavy atom. The van der Waals surface area contributed by atoms with Crippen molar-refractivity contribution in [3.8, 4) is 0 Å². The molecule has 1 rings (SSSR count). The van der Waals surface area contributed by atoms with Gasteiger partial charge >= 0.3 is 7.60 Å². The van der Waals surface area contributed by atoms with Crippen molar-refractivity contribution in [1.82, 2.24) is 0 Å². The molecule has 0 spiro atoms. The van der Waals surface area contributed by atoms with Crippen LogP contribution in [0.1, 0.15) is 13.3 Å². The highest BCUT2D eigenvalue weighted by molar-refractivity contribution is 7.55. The smallest absolute Gasteiger partial charge is 0.373 e. The maximum absolute atomic E-state index is 12.0. The number of hydrogen-bond acceptors (Lipinski definition) is 5. The molecule has 0 radical (unpaired) electrons. The van der Waals surface area contributed by atoms with E-state index in [1.54, 1.807) is 0 Å². The van der Waals surface area contributed by atoms with E-state index < -0.39 is 12.9 Å². The molecule has 6 heteroatoms. The van der Waals surface area contributed by atoms with E-state index in [0.29, 0.717) is 0 Å². The van der Waals surface area contributed by atoms with Gasteiger partial charge in [-0.3, -0.25) is 9.36 Å². The van der Waals surface area contributed by atoms with Gasteiger partial charge in [-0.2, -0.15) is 0 Å². The fourth-order valence-corrected chi connectivity index (χ4v) is 2.76. The molecule has 0 aromatic rings. The zero-order valence-electron chi connectivity index (χ0n) is 8.35. The van der Waals surface area contributed by atoms with Gasteiger partial charge in [0.2, 0.25) is 5.34 Å². The van der Waals surface area contributed by atoms with Crippen LogP contribution in [0.25, 0.3) is 0 Å². The zero-order chi connectivity index (χ0) is 10.8. The molecule has 0 bridgehead atoms. The first kappa shape index (κ1) is 11.4. The lowest BCUT2D eigenvalue weighted by atomic mass is 10.1. The molecule has 1 unspecified atom stereocenters. The Labute approximate surface area is 82.6 Å². The van der Waals surface area contributed by atoms with Crippen LogP contribution in [0.4, 0.5) is 0 Å². The van der Waals surface area contributed by atoms with Crippen molar-refractivity contribution >= 4 is 13.4 Å². The molecule has 0 aliphatic carbocycles. The first-order valence-corrected chi connectivity index (χ1v) is 5.60. The van der Waals surface area contributed by atoms with E-state index >= 15 is 0 Å². The van der Waals surface area contributed by atoms with Crippen molar-refractivity contribution in [3.63, 3.8) is 0 Å². The van der Waals surface area contributed by atoms with Gasteiger partial charge in [0.25, 0.3) is 0 Å². The highest BCUT2D eigenvalue weighted by Crippen LogP contribution is 2.61. The Balaban J connectivity index is 3.00. The molecule has 0 aromatic heterocycles. The lowest BCUT2D eigenvalue weighted by Gasteiger charge is -2.34. The number of ether oxygens (including phenoxy) is 1. The van der Waals surface area contributed by atoms with E-state index in [2.05, 4.69) is 0 Å². The van der Waals surface area contributed by atoms with E-state index in [9.17, 15) is 9.36 Å². The Morgan fingerprint density at radius 3 is 2.50 bits per heavy atom. The van der Waals surface area contributed by atoms with Crippen LogP contribution in [-0.2, 0) is 23.1 Å². The van der Waals surface area contributed by atoms with Gasteiger partial charge in [-0.05, 0) is 6.92 Å². The van der Waals surface area contributed by atoms with Gasteiger partial charge in [0.15, 0.2) is 5.78 Å². The second-order valence-corrected chi connectivity index (χ2v) is 5.77. The summed E-state index contributed by atoms with van der Waals surface area (Å²) in [5.41, 5.74) is 0. The first-order valence-electron chi connectivity index (χ1n) is 4.06. The van der Waals surface area contributed by atoms with Crippen molar-refractivity contribution in [2.24, 2.45) is 0 Å². The number of carbonyl (C=O) groups is 1. The molecule has 14 heavy (non-hydrogen) atoms. The van der Waals surface area contributed by atoms with Gasteiger partial charge < -0.3 is 13.8 Å². The quantitative estimate of drug-likeness (QED) is 0.677. The molecular weight excluding hydrogens is 207 g/mol. The second kappa shape index (κ2) is 3.85. The molecule has 0 saturated carbocycles. The number of carbonyl (C=O) groups excluding carboxylic acids is 1. The number of hydrogen-bond donors (Lipinski definition) is 0. The van der Waals surface area contributed by atoms with Crippen molar-refractivity contribution in [3.05, 3.63) is 12.3 Å². The fourth-order valence-electron chi connectivity index (χ4n) is 1.30. The molecule has 0 saturated heterocycles. The summed E-state index contributed by atoms with van der Waals surface area (Å²) in [7, 11) is -0.869. The van der Waals surface area contributed by atoms with E-state index in [1.165, 1.54) is 33.5 Å². The van der Waals surface area contributed by atoms with Crippen LogP contribution in [-0.4, -0.2) is 25.3 Å². The highest BCUT2D eigenvalue weighted by atomic mass is 31.2. The molecule has 1 heterocycles. The summed E-state index contributed by atoms with van der Waals surface area (Å²) in [5.74, 6) is -0.159. The minimum absolute atomic E-state index is 0.0115. The summed E-state index contributed by atoms with van der Waals surface area (Å²) in [6.07, 6.45) is 2.50. The molecule has 80 valence electrons. The maximum atomic E-state index is 12.0. The standard InChI is InChI=1S/C8H13O5P/c1-8(14(10,11-2)12-3)6-7(9)4-5-13-8/h4-5H,6H2,1-3H3. The minimum Gasteiger partial charge on any atom is -0.482 e. The van der Waals surface area contributed by atoms with Crippen molar-refractivity contribution in [2.45, 2.75) is 18.7 Å². The molecule has 0 aromatic carbocycles. The van der Waals surface area contributed by atoms with Gasteiger partial charge in [0, 0.05) is 20.3 Å². The SMILES string of the molecule is COP(=O)(OC)C1(C)CC(=O)C=CO1. The summed E-state index contributed by atoms with van der Waals surface area (Å²) >= 11 is 0. The average molecular weight is 220 g/mol. The Kier molecular flexibility index (Phi) is 3.14. The fraction of sp³-hybridized carbons (Fsp3) is 0.625. The van der Waals surface area contributed by atoms with Gasteiger partial charge in [-0.25, -0.2) is 0 Å². The monoisotopic (exact) mass is 220 g/mol. The molecule has 1 aliphatic rings. The zero-order valence-corrected chi connectivity index (χ0v) is 9.24. The predicted molar refractivity (Wildman–Crippen MR) is 49.9 cm³/mol. The lowest BCUT2D eigenvalue weighted by Crippen LogP contribution is -2.33. The Morgan fingerprint density at radius 1 is 1.50 bits per heavy atom. The van der Waals surface area contributed by atoms with Crippen LogP contribution in [0.3, 0.4) is 0 Å². The van der Waals surface area contributed by atoms with Gasteiger partial charge in [-0.1, -0.05) is 0 Å². The third kappa shape index (κ3) is 1.75. The van der Waals surface area contributed by atoms with Crippen LogP contribution < -0.4 is 0 Å². The molecule has 1 atom stereocenters. The topological polar surface area (TPSA) is 61.8 Å². The van der Waals surface area contributed by atoms with Crippen molar-refractivity contribution in [1.29, 1.82) is 0 Å². The normalized spacial score (nSPS) is 27.5. The van der Waals surface area contributed by atoms with Crippen LogP contribution in [0.2, 0.25) is 0 Å². The maximum Gasteiger partial charge on any atom is 0.373 e. The summed E-state index contributed by atoms with van der Waals surface area (Å²) in [6.45, 7) is 1.53. The molecule has 0 fully saturated rings. The summed E-state index contributed by atoms with van der Waals surface area (Å²) in [5, 5.41) is -1.22. The summed E-state index contributed by atoms with van der Waals surface area (Å²) in [4.78, 5) is 11.2. The predicted octanol–water partition coefficient (Wildman–Crippen LogP) is 1.69. The number of rotatable bonds is 3. The van der Waals surface area contributed by atoms with E-state index in [0.717, 1.165) is 0 Å². The van der Waals surface area contributed by atoms with E-state index in [-0.39, 0.29) is 12.2 Å². The Hall–Kier alpha value is -0.640. The Bertz CT molecular complexity index is 303. The first-order chi connectivity index (χ1) is 6.47. The van der Waals surface area contributed by atoms with Crippen molar-refractivity contribution in [2.75, 3.05) is 14.2 Å². The van der Waals surface area contributed by atoms with Gasteiger partial charge in [0.1, 0.15) is 0 Å². The molecule has 1 aliphatic heterocycles. The van der Waals surface area contributed by atoms with Crippen LogP contribution >= 0.6 is 7.60 Å². The lowest BCUT2D eigenvalue weighted by molar-refractivity contribution is -0.119. The minimum atomic E-state index is -3.40. The highest BCUT2D eigenvalue weighted by Gasteiger charge is 2.50. The second-order valence-electron chi connectivity index (χ2n) is 3.10. The third-order valence-corrected chi connectivity index (χ3v) is 4.52. The van der Waals surface area contributed by atoms with E-state index in [4.69, 9.17) is 13.8 Å². The largest absolute Gasteiger partial charge is 0.482 e. The molecule has 0 amide bonds. The van der Waals surface area contributed by atoms with Crippen LogP contribution in [0.5, 0.6) is 0 Å². The van der Waals surface area contributed by atoms with Gasteiger partial charge in [-0.15, -0.1) is 0 Å². The molecular formula is C8H13O5P. The molecule has 5 nitrogen and oxygen atoms in total. The summed E-state index contributed by atoms with van der Waals surface area (Å²) < 4.78 is 26.8. The summed E-state index contributed by atoms with van der Waals surface area (Å²) in [6, 6.07) is 0. The number of ketones is 1. The van der Waals surface area contributed by atoms with Crippen LogP contribution in [0.15, 0.2) is 12.3 Å². The van der Waals surface area contributed by atoms with Crippen molar-refractivity contribution < 1.29 is 23.1 Å².